The van der Waals surface area contributed by atoms with Gasteiger partial charge in [0.05, 0.1) is 22.3 Å². The summed E-state index contributed by atoms with van der Waals surface area (Å²) in [7, 11) is 0. The molecule has 0 bridgehead atoms. The fourth-order valence-electron chi connectivity index (χ4n) is 3.19. The quantitative estimate of drug-likeness (QED) is 0.844. The summed E-state index contributed by atoms with van der Waals surface area (Å²) in [5.74, 6) is -2.24. The van der Waals surface area contributed by atoms with Crippen molar-refractivity contribution in [1.82, 2.24) is 9.78 Å². The van der Waals surface area contributed by atoms with Crippen molar-refractivity contribution >= 4 is 15.9 Å². The van der Waals surface area contributed by atoms with Gasteiger partial charge in [0.1, 0.15) is 6.10 Å². The van der Waals surface area contributed by atoms with Crippen LogP contribution in [0.15, 0.2) is 10.7 Å². The van der Waals surface area contributed by atoms with Crippen LogP contribution in [0.5, 0.6) is 0 Å². The van der Waals surface area contributed by atoms with Gasteiger partial charge in [0, 0.05) is 12.0 Å². The molecule has 1 N–H and O–H groups in total. The number of halogens is 4. The van der Waals surface area contributed by atoms with Crippen molar-refractivity contribution in [3.05, 3.63) is 16.4 Å². The lowest BCUT2D eigenvalue weighted by molar-refractivity contribution is -0.207. The summed E-state index contributed by atoms with van der Waals surface area (Å²) in [6, 6.07) is -0.0196. The maximum Gasteiger partial charge on any atom is 0.392 e. The van der Waals surface area contributed by atoms with Crippen molar-refractivity contribution in [3.63, 3.8) is 0 Å². The van der Waals surface area contributed by atoms with Crippen LogP contribution in [0.25, 0.3) is 0 Å². The number of aliphatic hydroxyl groups excluding tert-OH is 1. The first kappa shape index (κ1) is 16.8. The molecule has 1 aliphatic carbocycles. The second kappa shape index (κ2) is 6.28. The molecule has 1 aromatic rings. The first-order chi connectivity index (χ1) is 9.73. The van der Waals surface area contributed by atoms with Gasteiger partial charge in [-0.3, -0.25) is 4.68 Å². The van der Waals surface area contributed by atoms with Crippen LogP contribution < -0.4 is 0 Å². The number of nitrogens with zero attached hydrogens (tertiary/aromatic N) is 2. The van der Waals surface area contributed by atoms with Crippen LogP contribution >= 0.6 is 15.9 Å². The van der Waals surface area contributed by atoms with E-state index in [2.05, 4.69) is 21.0 Å². The van der Waals surface area contributed by atoms with E-state index in [4.69, 9.17) is 0 Å². The maximum absolute atomic E-state index is 13.2. The second-order valence-corrected chi connectivity index (χ2v) is 6.81. The molecule has 1 aliphatic rings. The van der Waals surface area contributed by atoms with Gasteiger partial charge < -0.3 is 5.11 Å². The summed E-state index contributed by atoms with van der Waals surface area (Å²) >= 11 is 3.30. The molecule has 1 aromatic heterocycles. The monoisotopic (exact) mass is 368 g/mol. The summed E-state index contributed by atoms with van der Waals surface area (Å²) in [6.07, 6.45) is -2.11. The molecule has 0 spiro atoms. The third kappa shape index (κ3) is 3.44. The van der Waals surface area contributed by atoms with Crippen molar-refractivity contribution in [2.45, 2.75) is 57.9 Å². The average molecular weight is 369 g/mol. The molecule has 3 atom stereocenters. The molecular formula is C14H20BrF3N2O. The van der Waals surface area contributed by atoms with Gasteiger partial charge in [-0.05, 0) is 42.6 Å². The van der Waals surface area contributed by atoms with E-state index in [0.29, 0.717) is 23.0 Å². The smallest absolute Gasteiger partial charge is 0.386 e. The number of aliphatic hydroxyl groups is 1. The highest BCUT2D eigenvalue weighted by Crippen LogP contribution is 2.47. The molecule has 0 aromatic carbocycles. The van der Waals surface area contributed by atoms with E-state index < -0.39 is 24.1 Å². The van der Waals surface area contributed by atoms with Gasteiger partial charge in [-0.1, -0.05) is 12.8 Å². The van der Waals surface area contributed by atoms with Crippen molar-refractivity contribution in [3.8, 4) is 0 Å². The molecule has 0 amide bonds. The summed E-state index contributed by atoms with van der Waals surface area (Å²) < 4.78 is 41.8. The van der Waals surface area contributed by atoms with E-state index >= 15 is 0 Å². The van der Waals surface area contributed by atoms with Gasteiger partial charge >= 0.3 is 6.18 Å². The first-order valence-corrected chi connectivity index (χ1v) is 8.00. The van der Waals surface area contributed by atoms with Crippen molar-refractivity contribution in [2.75, 3.05) is 0 Å². The van der Waals surface area contributed by atoms with E-state index in [0.717, 1.165) is 6.42 Å². The molecule has 21 heavy (non-hydrogen) atoms. The van der Waals surface area contributed by atoms with Gasteiger partial charge in [-0.25, -0.2) is 0 Å². The van der Waals surface area contributed by atoms with Gasteiger partial charge in [-0.2, -0.15) is 18.3 Å². The average Bonchev–Trinajstić information content (AvgIpc) is 2.79. The Morgan fingerprint density at radius 3 is 2.52 bits per heavy atom. The third-order valence-corrected chi connectivity index (χ3v) is 4.81. The molecule has 1 saturated carbocycles. The zero-order valence-electron chi connectivity index (χ0n) is 12.1. The Kier molecular flexibility index (Phi) is 5.03. The van der Waals surface area contributed by atoms with E-state index in [1.165, 1.54) is 6.20 Å². The standard InChI is InChI=1S/C14H20BrF3N2O/c1-8(2)20-12(11(15)7-19-20)13(21)9-5-3-4-6-10(9)14(16,17)18/h7-10,13,21H,3-6H2,1-2H3. The van der Waals surface area contributed by atoms with Gasteiger partial charge in [0.25, 0.3) is 0 Å². The maximum atomic E-state index is 13.2. The molecule has 3 unspecified atom stereocenters. The summed E-state index contributed by atoms with van der Waals surface area (Å²) in [4.78, 5) is 0. The van der Waals surface area contributed by atoms with Crippen LogP contribution in [0.4, 0.5) is 13.2 Å². The Labute approximate surface area is 130 Å². The third-order valence-electron chi connectivity index (χ3n) is 4.20. The van der Waals surface area contributed by atoms with Crippen molar-refractivity contribution in [2.24, 2.45) is 11.8 Å². The lowest BCUT2D eigenvalue weighted by Crippen LogP contribution is -2.37. The second-order valence-electron chi connectivity index (χ2n) is 5.96. The minimum absolute atomic E-state index is 0.0196. The molecule has 0 aliphatic heterocycles. The molecule has 0 saturated heterocycles. The molecule has 1 heterocycles. The topological polar surface area (TPSA) is 38.0 Å². The highest BCUT2D eigenvalue weighted by molar-refractivity contribution is 9.10. The predicted molar refractivity (Wildman–Crippen MR) is 76.8 cm³/mol. The van der Waals surface area contributed by atoms with Crippen LogP contribution in [-0.4, -0.2) is 21.1 Å². The highest BCUT2D eigenvalue weighted by Gasteiger charge is 2.48. The normalized spacial score (nSPS) is 25.3. The Hall–Kier alpha value is -0.560. The Balaban J connectivity index is 2.33. The zero-order chi connectivity index (χ0) is 15.8. The molecule has 0 radical (unpaired) electrons. The first-order valence-electron chi connectivity index (χ1n) is 7.21. The molecule has 7 heteroatoms. The number of alkyl halides is 3. The Morgan fingerprint density at radius 2 is 1.95 bits per heavy atom. The summed E-state index contributed by atoms with van der Waals surface area (Å²) in [6.45, 7) is 3.77. The Bertz CT molecular complexity index is 487. The van der Waals surface area contributed by atoms with Crippen molar-refractivity contribution < 1.29 is 18.3 Å². The van der Waals surface area contributed by atoms with E-state index in [-0.39, 0.29) is 12.5 Å². The van der Waals surface area contributed by atoms with Gasteiger partial charge in [0.2, 0.25) is 0 Å². The molecule has 1 fully saturated rings. The van der Waals surface area contributed by atoms with Crippen LogP contribution in [0.1, 0.15) is 57.4 Å². The highest BCUT2D eigenvalue weighted by atomic mass is 79.9. The lowest BCUT2D eigenvalue weighted by Gasteiger charge is -2.36. The molecule has 120 valence electrons. The van der Waals surface area contributed by atoms with Crippen LogP contribution in [0.2, 0.25) is 0 Å². The minimum Gasteiger partial charge on any atom is -0.386 e. The number of hydrogen-bond donors (Lipinski definition) is 1. The molecule has 2 rings (SSSR count). The molecular weight excluding hydrogens is 349 g/mol. The van der Waals surface area contributed by atoms with E-state index in [9.17, 15) is 18.3 Å². The minimum atomic E-state index is -4.26. The number of aromatic nitrogens is 2. The van der Waals surface area contributed by atoms with Crippen LogP contribution in [0, 0.1) is 11.8 Å². The number of rotatable bonds is 3. The van der Waals surface area contributed by atoms with Crippen LogP contribution in [-0.2, 0) is 0 Å². The molecule has 3 nitrogen and oxygen atoms in total. The fraction of sp³-hybridized carbons (Fsp3) is 0.786. The van der Waals surface area contributed by atoms with Gasteiger partial charge in [-0.15, -0.1) is 0 Å². The van der Waals surface area contributed by atoms with Gasteiger partial charge in [0.15, 0.2) is 0 Å². The number of hydrogen-bond acceptors (Lipinski definition) is 2. The van der Waals surface area contributed by atoms with E-state index in [1.807, 2.05) is 13.8 Å². The van der Waals surface area contributed by atoms with E-state index in [1.54, 1.807) is 4.68 Å². The summed E-state index contributed by atoms with van der Waals surface area (Å²) in [5.41, 5.74) is 0.450. The predicted octanol–water partition coefficient (Wildman–Crippen LogP) is 4.63. The van der Waals surface area contributed by atoms with Crippen molar-refractivity contribution in [1.29, 1.82) is 0 Å². The largest absolute Gasteiger partial charge is 0.392 e. The lowest BCUT2D eigenvalue weighted by atomic mass is 9.75. The Morgan fingerprint density at radius 1 is 1.33 bits per heavy atom. The zero-order valence-corrected chi connectivity index (χ0v) is 13.7. The van der Waals surface area contributed by atoms with Crippen LogP contribution in [0.3, 0.4) is 0 Å². The SMILES string of the molecule is CC(C)n1ncc(Br)c1C(O)C1CCCCC1C(F)(F)F. The fourth-order valence-corrected chi connectivity index (χ4v) is 3.69. The summed E-state index contributed by atoms with van der Waals surface area (Å²) in [5, 5.41) is 14.7.